The van der Waals surface area contributed by atoms with Crippen LogP contribution in [0.1, 0.15) is 27.0 Å². The molecule has 0 heterocycles. The summed E-state index contributed by atoms with van der Waals surface area (Å²) in [6.45, 7) is 4.10. The number of benzene rings is 3. The van der Waals surface area contributed by atoms with E-state index in [4.69, 9.17) is 4.74 Å². The predicted molar refractivity (Wildman–Crippen MR) is 97.5 cm³/mol. The van der Waals surface area contributed by atoms with Gasteiger partial charge >= 0.3 is 0 Å². The monoisotopic (exact) mass is 334 g/mol. The summed E-state index contributed by atoms with van der Waals surface area (Å²) in [6, 6.07) is 18.1. The second-order valence-corrected chi connectivity index (χ2v) is 6.02. The summed E-state index contributed by atoms with van der Waals surface area (Å²) in [7, 11) is 0. The molecule has 0 aromatic heterocycles. The number of carbonyl (C=O) groups is 1. The van der Waals surface area contributed by atoms with Crippen LogP contribution in [0.5, 0.6) is 5.75 Å². The number of rotatable bonds is 5. The molecule has 3 aromatic rings. The maximum Gasteiger partial charge on any atom is 0.150 e. The maximum absolute atomic E-state index is 15.0. The fraction of sp³-hybridized carbons (Fsp3) is 0.136. The number of hydrogen-bond acceptors (Lipinski definition) is 2. The van der Waals surface area contributed by atoms with Gasteiger partial charge in [-0.3, -0.25) is 4.79 Å². The highest BCUT2D eigenvalue weighted by molar-refractivity contribution is 5.75. The van der Waals surface area contributed by atoms with Gasteiger partial charge in [0.25, 0.3) is 0 Å². The van der Waals surface area contributed by atoms with Gasteiger partial charge in [0.1, 0.15) is 24.5 Å². The minimum atomic E-state index is -0.260. The number of halogens is 1. The van der Waals surface area contributed by atoms with Crippen molar-refractivity contribution in [2.24, 2.45) is 0 Å². The van der Waals surface area contributed by atoms with Crippen molar-refractivity contribution in [3.8, 4) is 16.9 Å². The molecule has 0 spiro atoms. The Morgan fingerprint density at radius 1 is 0.920 bits per heavy atom. The molecule has 0 unspecified atom stereocenters. The van der Waals surface area contributed by atoms with Crippen LogP contribution >= 0.6 is 0 Å². The fourth-order valence-corrected chi connectivity index (χ4v) is 2.93. The molecule has 3 rings (SSSR count). The highest BCUT2D eigenvalue weighted by Crippen LogP contribution is 2.31. The lowest BCUT2D eigenvalue weighted by atomic mass is 9.94. The molecule has 0 N–H and O–H groups in total. The third-order valence-corrected chi connectivity index (χ3v) is 4.24. The van der Waals surface area contributed by atoms with E-state index in [0.29, 0.717) is 22.4 Å². The molecule has 3 heteroatoms. The van der Waals surface area contributed by atoms with Crippen LogP contribution in [0.15, 0.2) is 60.7 Å². The van der Waals surface area contributed by atoms with Gasteiger partial charge in [-0.1, -0.05) is 36.4 Å². The fourth-order valence-electron chi connectivity index (χ4n) is 2.93. The highest BCUT2D eigenvalue weighted by Gasteiger charge is 2.14. The van der Waals surface area contributed by atoms with E-state index in [1.165, 1.54) is 0 Å². The van der Waals surface area contributed by atoms with Crippen molar-refractivity contribution in [3.63, 3.8) is 0 Å². The molecule has 0 fully saturated rings. The average Bonchev–Trinajstić information content (AvgIpc) is 2.62. The van der Waals surface area contributed by atoms with E-state index in [1.807, 2.05) is 38.1 Å². The van der Waals surface area contributed by atoms with Crippen molar-refractivity contribution in [3.05, 3.63) is 88.7 Å². The summed E-state index contributed by atoms with van der Waals surface area (Å²) >= 11 is 0. The lowest BCUT2D eigenvalue weighted by molar-refractivity contribution is 0.112. The van der Waals surface area contributed by atoms with Gasteiger partial charge in [0.2, 0.25) is 0 Å². The van der Waals surface area contributed by atoms with Gasteiger partial charge in [0, 0.05) is 16.7 Å². The number of aryl methyl sites for hydroxylation is 2. The van der Waals surface area contributed by atoms with Gasteiger partial charge in [0.15, 0.2) is 0 Å². The largest absolute Gasteiger partial charge is 0.489 e. The minimum absolute atomic E-state index is 0.130. The van der Waals surface area contributed by atoms with Crippen LogP contribution in [0.3, 0.4) is 0 Å². The molecule has 0 saturated heterocycles. The number of carbonyl (C=O) groups excluding carboxylic acids is 1. The molecule has 0 radical (unpaired) electrons. The standard InChI is InChI=1S/C22H19FO2/c1-15-5-3-6-16(2)21(15)20-8-4-7-18(22(20)23)14-25-19-11-9-17(13-24)10-12-19/h3-13H,14H2,1-2H3. The normalized spacial score (nSPS) is 10.5. The van der Waals surface area contributed by atoms with Gasteiger partial charge in [-0.05, 0) is 54.8 Å². The molecule has 0 aliphatic carbocycles. The summed E-state index contributed by atoms with van der Waals surface area (Å²) in [5, 5.41) is 0. The zero-order valence-corrected chi connectivity index (χ0v) is 14.3. The number of hydrogen-bond donors (Lipinski definition) is 0. The molecule has 126 valence electrons. The van der Waals surface area contributed by atoms with E-state index in [1.54, 1.807) is 36.4 Å². The van der Waals surface area contributed by atoms with Gasteiger partial charge in [-0.15, -0.1) is 0 Å². The molecule has 3 aromatic carbocycles. The van der Waals surface area contributed by atoms with Gasteiger partial charge in [-0.2, -0.15) is 0 Å². The van der Waals surface area contributed by atoms with E-state index in [-0.39, 0.29) is 12.4 Å². The summed E-state index contributed by atoms with van der Waals surface area (Å²) in [6.07, 6.45) is 0.775. The molecule has 0 saturated carbocycles. The second-order valence-electron chi connectivity index (χ2n) is 6.02. The third kappa shape index (κ3) is 3.61. The van der Waals surface area contributed by atoms with Crippen molar-refractivity contribution in [1.29, 1.82) is 0 Å². The Morgan fingerprint density at radius 2 is 1.56 bits per heavy atom. The topological polar surface area (TPSA) is 26.3 Å². The molecule has 0 aliphatic rings. The first-order valence-corrected chi connectivity index (χ1v) is 8.12. The Kier molecular flexibility index (Phi) is 4.94. The first kappa shape index (κ1) is 16.9. The Bertz CT molecular complexity index is 878. The van der Waals surface area contributed by atoms with Crippen LogP contribution in [0, 0.1) is 19.7 Å². The lowest BCUT2D eigenvalue weighted by Crippen LogP contribution is -2.01. The van der Waals surface area contributed by atoms with Gasteiger partial charge in [-0.25, -0.2) is 4.39 Å². The summed E-state index contributed by atoms with van der Waals surface area (Å²) < 4.78 is 20.7. The smallest absolute Gasteiger partial charge is 0.150 e. The van der Waals surface area contributed by atoms with Crippen LogP contribution in [0.4, 0.5) is 4.39 Å². The quantitative estimate of drug-likeness (QED) is 0.576. The van der Waals surface area contributed by atoms with E-state index in [0.717, 1.165) is 23.0 Å². The van der Waals surface area contributed by atoms with Crippen LogP contribution in [-0.4, -0.2) is 6.29 Å². The minimum Gasteiger partial charge on any atom is -0.489 e. The van der Waals surface area contributed by atoms with Crippen LogP contribution in [0.25, 0.3) is 11.1 Å². The van der Waals surface area contributed by atoms with Crippen LogP contribution in [-0.2, 0) is 6.61 Å². The zero-order valence-electron chi connectivity index (χ0n) is 14.3. The van der Waals surface area contributed by atoms with Crippen molar-refractivity contribution in [1.82, 2.24) is 0 Å². The Hall–Kier alpha value is -2.94. The number of aldehydes is 1. The zero-order chi connectivity index (χ0) is 17.8. The Morgan fingerprint density at radius 3 is 2.20 bits per heavy atom. The van der Waals surface area contributed by atoms with E-state index in [9.17, 15) is 4.79 Å². The van der Waals surface area contributed by atoms with Gasteiger partial charge < -0.3 is 4.74 Å². The number of ether oxygens (including phenoxy) is 1. The first-order chi connectivity index (χ1) is 12.1. The van der Waals surface area contributed by atoms with Crippen molar-refractivity contribution in [2.45, 2.75) is 20.5 Å². The van der Waals surface area contributed by atoms with E-state index in [2.05, 4.69) is 0 Å². The Labute approximate surface area is 146 Å². The van der Waals surface area contributed by atoms with Crippen LogP contribution < -0.4 is 4.74 Å². The summed E-state index contributed by atoms with van der Waals surface area (Å²) in [4.78, 5) is 10.7. The summed E-state index contributed by atoms with van der Waals surface area (Å²) in [5.74, 6) is 0.340. The Balaban J connectivity index is 1.87. The average molecular weight is 334 g/mol. The molecule has 0 bridgehead atoms. The van der Waals surface area contributed by atoms with Crippen molar-refractivity contribution in [2.75, 3.05) is 0 Å². The van der Waals surface area contributed by atoms with Gasteiger partial charge in [0.05, 0.1) is 0 Å². The molecule has 2 nitrogen and oxygen atoms in total. The first-order valence-electron chi connectivity index (χ1n) is 8.12. The predicted octanol–water partition coefficient (Wildman–Crippen LogP) is 5.50. The molecular weight excluding hydrogens is 315 g/mol. The molecule has 0 aliphatic heterocycles. The van der Waals surface area contributed by atoms with Crippen molar-refractivity contribution >= 4 is 6.29 Å². The molecule has 0 atom stereocenters. The van der Waals surface area contributed by atoms with Crippen molar-refractivity contribution < 1.29 is 13.9 Å². The third-order valence-electron chi connectivity index (χ3n) is 4.24. The van der Waals surface area contributed by atoms with Crippen LogP contribution in [0.2, 0.25) is 0 Å². The highest BCUT2D eigenvalue weighted by atomic mass is 19.1. The maximum atomic E-state index is 15.0. The summed E-state index contributed by atoms with van der Waals surface area (Å²) in [5.41, 5.74) is 4.68. The second kappa shape index (κ2) is 7.31. The molecular formula is C22H19FO2. The van der Waals surface area contributed by atoms with E-state index < -0.39 is 0 Å². The van der Waals surface area contributed by atoms with E-state index >= 15 is 4.39 Å². The SMILES string of the molecule is Cc1cccc(C)c1-c1cccc(COc2ccc(C=O)cc2)c1F. The molecule has 25 heavy (non-hydrogen) atoms. The lowest BCUT2D eigenvalue weighted by Gasteiger charge is -2.14. The molecule has 0 amide bonds.